The van der Waals surface area contributed by atoms with Crippen molar-refractivity contribution in [2.75, 3.05) is 13.2 Å². The molecule has 0 saturated carbocycles. The van der Waals surface area contributed by atoms with Crippen LogP contribution < -0.4 is 0 Å². The molecule has 0 aliphatic rings. The van der Waals surface area contributed by atoms with Crippen molar-refractivity contribution in [3.05, 3.63) is 75.0 Å². The molecule has 3 aromatic heterocycles. The Kier molecular flexibility index (Phi) is 7.58. The predicted octanol–water partition coefficient (Wildman–Crippen LogP) is 4.22. The second-order valence-electron chi connectivity index (χ2n) is 7.43. The van der Waals surface area contributed by atoms with Gasteiger partial charge in [-0.1, -0.05) is 12.1 Å². The fourth-order valence-electron chi connectivity index (χ4n) is 3.67. The highest BCUT2D eigenvalue weighted by atomic mass is 32.1. The largest absolute Gasteiger partial charge is 0.461 e. The second kappa shape index (κ2) is 10.4. The fraction of sp³-hybridized carbons (Fsp3) is 0.333. The van der Waals surface area contributed by atoms with E-state index in [1.807, 2.05) is 29.6 Å². The Morgan fingerprint density at radius 2 is 1.97 bits per heavy atom. The number of carbonyl (C=O) groups is 3. The molecule has 32 heavy (non-hydrogen) atoms. The average Bonchev–Trinajstić information content (AvgIpc) is 3.42. The van der Waals surface area contributed by atoms with Crippen LogP contribution in [0.2, 0.25) is 0 Å². The normalized spacial score (nSPS) is 11.8. The Morgan fingerprint density at radius 1 is 1.19 bits per heavy atom. The van der Waals surface area contributed by atoms with Crippen LogP contribution in [0.3, 0.4) is 0 Å². The summed E-state index contributed by atoms with van der Waals surface area (Å²) in [6, 6.07) is 8.47. The third kappa shape index (κ3) is 4.96. The van der Waals surface area contributed by atoms with Gasteiger partial charge in [-0.05, 0) is 56.8 Å². The van der Waals surface area contributed by atoms with Gasteiger partial charge in [-0.15, -0.1) is 11.3 Å². The molecule has 0 bridgehead atoms. The Hall–Kier alpha value is -3.26. The number of hydrogen-bond acceptors (Lipinski definition) is 6. The number of aromatic nitrogens is 2. The van der Waals surface area contributed by atoms with E-state index in [2.05, 4.69) is 9.97 Å². The molecular weight excluding hydrogens is 426 g/mol. The first-order valence-corrected chi connectivity index (χ1v) is 11.4. The van der Waals surface area contributed by atoms with Crippen molar-refractivity contribution in [2.45, 2.75) is 40.2 Å². The van der Waals surface area contributed by atoms with Crippen LogP contribution >= 0.6 is 11.3 Å². The fourth-order valence-corrected chi connectivity index (χ4v) is 4.35. The van der Waals surface area contributed by atoms with Gasteiger partial charge in [0.1, 0.15) is 5.69 Å². The SMILES string of the molecule is CCOC(=O)c1[nH]c(C)c(C(=O)[C@H](C)N(CCc2ccccn2)C(=O)c2cccs2)c1C. The second-order valence-corrected chi connectivity index (χ2v) is 8.38. The molecule has 0 saturated heterocycles. The number of esters is 1. The van der Waals surface area contributed by atoms with E-state index in [1.165, 1.54) is 11.3 Å². The molecule has 0 aliphatic carbocycles. The smallest absolute Gasteiger partial charge is 0.355 e. The van der Waals surface area contributed by atoms with Crippen LogP contribution in [0.4, 0.5) is 0 Å². The highest BCUT2D eigenvalue weighted by Gasteiger charge is 2.32. The molecule has 1 N–H and O–H groups in total. The molecule has 3 rings (SSSR count). The van der Waals surface area contributed by atoms with Crippen LogP contribution in [0, 0.1) is 13.8 Å². The van der Waals surface area contributed by atoms with Gasteiger partial charge in [0.25, 0.3) is 5.91 Å². The lowest BCUT2D eigenvalue weighted by atomic mass is 9.99. The summed E-state index contributed by atoms with van der Waals surface area (Å²) in [5.41, 5.74) is 2.64. The molecule has 1 amide bonds. The third-order valence-electron chi connectivity index (χ3n) is 5.34. The molecule has 0 radical (unpaired) electrons. The minimum absolute atomic E-state index is 0.201. The molecule has 0 aromatic carbocycles. The highest BCUT2D eigenvalue weighted by molar-refractivity contribution is 7.12. The van der Waals surface area contributed by atoms with Gasteiger partial charge < -0.3 is 14.6 Å². The Bertz CT molecular complexity index is 1090. The Balaban J connectivity index is 1.90. The molecule has 0 unspecified atom stereocenters. The quantitative estimate of drug-likeness (QED) is 0.387. The number of nitrogens with one attached hydrogen (secondary N) is 1. The van der Waals surface area contributed by atoms with Crippen molar-refractivity contribution in [3.63, 3.8) is 0 Å². The first-order chi connectivity index (χ1) is 15.3. The molecular formula is C24H27N3O4S. The van der Waals surface area contributed by atoms with Crippen molar-refractivity contribution in [2.24, 2.45) is 0 Å². The van der Waals surface area contributed by atoms with Crippen LogP contribution in [0.5, 0.6) is 0 Å². The molecule has 3 aromatic rings. The summed E-state index contributed by atoms with van der Waals surface area (Å²) in [5.74, 6) is -0.924. The van der Waals surface area contributed by atoms with Gasteiger partial charge in [0.2, 0.25) is 0 Å². The van der Waals surface area contributed by atoms with E-state index < -0.39 is 12.0 Å². The lowest BCUT2D eigenvalue weighted by Crippen LogP contribution is -2.44. The lowest BCUT2D eigenvalue weighted by molar-refractivity contribution is 0.0519. The van der Waals surface area contributed by atoms with E-state index in [0.29, 0.717) is 34.7 Å². The van der Waals surface area contributed by atoms with E-state index >= 15 is 0 Å². The first-order valence-electron chi connectivity index (χ1n) is 10.5. The molecule has 8 heteroatoms. The number of ketones is 1. The van der Waals surface area contributed by atoms with Crippen LogP contribution in [0.15, 0.2) is 41.9 Å². The van der Waals surface area contributed by atoms with Crippen molar-refractivity contribution >= 4 is 29.0 Å². The number of aryl methyl sites for hydroxylation is 1. The molecule has 1 atom stereocenters. The number of ether oxygens (including phenoxy) is 1. The van der Waals surface area contributed by atoms with Crippen LogP contribution in [-0.4, -0.2) is 51.7 Å². The number of aromatic amines is 1. The van der Waals surface area contributed by atoms with Crippen molar-refractivity contribution in [3.8, 4) is 0 Å². The summed E-state index contributed by atoms with van der Waals surface area (Å²) >= 11 is 1.34. The molecule has 0 fully saturated rings. The maximum atomic E-state index is 13.5. The number of hydrogen-bond donors (Lipinski definition) is 1. The maximum Gasteiger partial charge on any atom is 0.355 e. The lowest BCUT2D eigenvalue weighted by Gasteiger charge is -2.28. The summed E-state index contributed by atoms with van der Waals surface area (Å²) < 4.78 is 5.09. The van der Waals surface area contributed by atoms with Crippen molar-refractivity contribution < 1.29 is 19.1 Å². The standard InChI is InChI=1S/C24H27N3O4S/c1-5-31-24(30)21-15(2)20(16(3)26-21)22(28)17(4)27(23(29)19-10-8-14-32-19)13-11-18-9-6-7-12-25-18/h6-10,12,14,17,26H,5,11,13H2,1-4H3/t17-/m0/s1. The van der Waals surface area contributed by atoms with E-state index in [-0.39, 0.29) is 24.0 Å². The Labute approximate surface area is 191 Å². The zero-order chi connectivity index (χ0) is 23.3. The monoisotopic (exact) mass is 453 g/mol. The topological polar surface area (TPSA) is 92.4 Å². The molecule has 7 nitrogen and oxygen atoms in total. The van der Waals surface area contributed by atoms with E-state index in [9.17, 15) is 14.4 Å². The van der Waals surface area contributed by atoms with Gasteiger partial charge >= 0.3 is 5.97 Å². The summed E-state index contributed by atoms with van der Waals surface area (Å²) in [6.45, 7) is 7.50. The third-order valence-corrected chi connectivity index (χ3v) is 6.20. The number of nitrogens with zero attached hydrogens (tertiary/aromatic N) is 2. The summed E-state index contributed by atoms with van der Waals surface area (Å²) in [4.78, 5) is 48.5. The average molecular weight is 454 g/mol. The minimum Gasteiger partial charge on any atom is -0.461 e. The number of H-pyrrole nitrogens is 1. The molecule has 3 heterocycles. The van der Waals surface area contributed by atoms with Crippen molar-refractivity contribution in [1.82, 2.24) is 14.9 Å². The van der Waals surface area contributed by atoms with Crippen LogP contribution in [-0.2, 0) is 11.2 Å². The van der Waals surface area contributed by atoms with Gasteiger partial charge in [0.15, 0.2) is 5.78 Å². The summed E-state index contributed by atoms with van der Waals surface area (Å²) in [6.07, 6.45) is 2.23. The van der Waals surface area contributed by atoms with Gasteiger partial charge in [-0.25, -0.2) is 4.79 Å². The molecule has 168 valence electrons. The Morgan fingerprint density at radius 3 is 2.59 bits per heavy atom. The molecule has 0 spiro atoms. The number of carbonyl (C=O) groups excluding carboxylic acids is 3. The van der Waals surface area contributed by atoms with E-state index in [0.717, 1.165) is 5.69 Å². The maximum absolute atomic E-state index is 13.5. The minimum atomic E-state index is -0.725. The number of amides is 1. The van der Waals surface area contributed by atoms with Gasteiger partial charge in [0, 0.05) is 36.1 Å². The predicted molar refractivity (Wildman–Crippen MR) is 123 cm³/mol. The number of pyridine rings is 1. The first kappa shape index (κ1) is 23.4. The molecule has 0 aliphatic heterocycles. The number of thiophene rings is 1. The highest BCUT2D eigenvalue weighted by Crippen LogP contribution is 2.23. The van der Waals surface area contributed by atoms with Gasteiger partial charge in [0.05, 0.1) is 17.5 Å². The number of Topliss-reactive ketones (excluding diaryl/α,β-unsaturated/α-hetero) is 1. The van der Waals surface area contributed by atoms with E-state index in [4.69, 9.17) is 4.74 Å². The van der Waals surface area contributed by atoms with Crippen LogP contribution in [0.1, 0.15) is 61.3 Å². The number of rotatable bonds is 9. The van der Waals surface area contributed by atoms with Crippen molar-refractivity contribution in [1.29, 1.82) is 0 Å². The zero-order valence-electron chi connectivity index (χ0n) is 18.7. The van der Waals surface area contributed by atoms with Gasteiger partial charge in [-0.3, -0.25) is 14.6 Å². The summed E-state index contributed by atoms with van der Waals surface area (Å²) in [7, 11) is 0. The van der Waals surface area contributed by atoms with Crippen LogP contribution in [0.25, 0.3) is 0 Å². The summed E-state index contributed by atoms with van der Waals surface area (Å²) in [5, 5.41) is 1.84. The van der Waals surface area contributed by atoms with Gasteiger partial charge in [-0.2, -0.15) is 0 Å². The zero-order valence-corrected chi connectivity index (χ0v) is 19.5. The van der Waals surface area contributed by atoms with E-state index in [1.54, 1.807) is 44.9 Å².